The van der Waals surface area contributed by atoms with Gasteiger partial charge in [0, 0.05) is 12.6 Å². The third-order valence-electron chi connectivity index (χ3n) is 3.17. The Hall–Kier alpha value is -2.11. The molecule has 96 valence electrons. The number of aliphatic carboxylic acids is 1. The van der Waals surface area contributed by atoms with Crippen molar-refractivity contribution < 1.29 is 14.8 Å². The second-order valence-electron chi connectivity index (χ2n) is 4.44. The van der Waals surface area contributed by atoms with Gasteiger partial charge < -0.3 is 10.0 Å². The van der Waals surface area contributed by atoms with Crippen molar-refractivity contribution in [1.29, 1.82) is 0 Å². The van der Waals surface area contributed by atoms with Crippen molar-refractivity contribution in [3.63, 3.8) is 0 Å². The van der Waals surface area contributed by atoms with Crippen molar-refractivity contribution in [3.8, 4) is 0 Å². The van der Waals surface area contributed by atoms with E-state index in [2.05, 4.69) is 0 Å². The maximum absolute atomic E-state index is 11.1. The lowest BCUT2D eigenvalue weighted by Gasteiger charge is -2.23. The van der Waals surface area contributed by atoms with Gasteiger partial charge in [0.2, 0.25) is 0 Å². The van der Waals surface area contributed by atoms with Crippen LogP contribution in [0.15, 0.2) is 18.2 Å². The summed E-state index contributed by atoms with van der Waals surface area (Å²) in [6.45, 7) is 2.38. The molecular formula is C12H14N2O4. The van der Waals surface area contributed by atoms with Gasteiger partial charge in [0.25, 0.3) is 5.69 Å². The van der Waals surface area contributed by atoms with Crippen LogP contribution in [0, 0.1) is 17.0 Å². The maximum atomic E-state index is 11.1. The lowest BCUT2D eigenvalue weighted by molar-refractivity contribution is -0.384. The largest absolute Gasteiger partial charge is 0.480 e. The van der Waals surface area contributed by atoms with Crippen molar-refractivity contribution in [2.45, 2.75) is 25.8 Å². The molecule has 1 aliphatic rings. The normalized spacial score (nSPS) is 18.9. The van der Waals surface area contributed by atoms with Crippen LogP contribution in [0.25, 0.3) is 0 Å². The number of aryl methyl sites for hydroxylation is 1. The summed E-state index contributed by atoms with van der Waals surface area (Å²) in [6.07, 6.45) is 1.27. The Morgan fingerprint density at radius 3 is 2.89 bits per heavy atom. The van der Waals surface area contributed by atoms with Gasteiger partial charge in [0.15, 0.2) is 0 Å². The minimum atomic E-state index is -0.927. The smallest absolute Gasteiger partial charge is 0.326 e. The molecule has 1 saturated heterocycles. The first-order chi connectivity index (χ1) is 8.50. The first-order valence-electron chi connectivity index (χ1n) is 5.75. The van der Waals surface area contributed by atoms with E-state index in [0.29, 0.717) is 18.7 Å². The van der Waals surface area contributed by atoms with Crippen LogP contribution in [-0.4, -0.2) is 28.6 Å². The van der Waals surface area contributed by atoms with Crippen molar-refractivity contribution >= 4 is 17.3 Å². The summed E-state index contributed by atoms with van der Waals surface area (Å²) in [7, 11) is 0. The van der Waals surface area contributed by atoms with Crippen LogP contribution in [0.1, 0.15) is 18.4 Å². The van der Waals surface area contributed by atoms with Crippen LogP contribution in [0.3, 0.4) is 0 Å². The van der Waals surface area contributed by atoms with E-state index < -0.39 is 16.9 Å². The van der Waals surface area contributed by atoms with Crippen LogP contribution in [0.4, 0.5) is 11.4 Å². The highest BCUT2D eigenvalue weighted by atomic mass is 16.6. The van der Waals surface area contributed by atoms with Crippen molar-refractivity contribution in [3.05, 3.63) is 33.9 Å². The zero-order valence-corrected chi connectivity index (χ0v) is 10.00. The number of hydrogen-bond acceptors (Lipinski definition) is 4. The molecule has 18 heavy (non-hydrogen) atoms. The number of benzene rings is 1. The minimum absolute atomic E-state index is 0.0336. The zero-order valence-electron chi connectivity index (χ0n) is 10.00. The second-order valence-corrected chi connectivity index (χ2v) is 4.44. The summed E-state index contributed by atoms with van der Waals surface area (Å²) in [6, 6.07) is 4.11. The summed E-state index contributed by atoms with van der Waals surface area (Å²) in [5.41, 5.74) is 1.25. The fourth-order valence-corrected chi connectivity index (χ4v) is 2.33. The monoisotopic (exact) mass is 250 g/mol. The molecule has 0 amide bonds. The van der Waals surface area contributed by atoms with Gasteiger partial charge in [-0.15, -0.1) is 0 Å². The average molecular weight is 250 g/mol. The standard InChI is InChI=1S/C12H14N2O4/c1-8-4-5-9(14(17)18)11(7-8)13-6-2-3-10(13)12(15)16/h4-5,7,10H,2-3,6H2,1H3,(H,15,16)/t10-/m1/s1. The van der Waals surface area contributed by atoms with Gasteiger partial charge in [-0.1, -0.05) is 6.07 Å². The summed E-state index contributed by atoms with van der Waals surface area (Å²) >= 11 is 0. The first-order valence-corrected chi connectivity index (χ1v) is 5.75. The average Bonchev–Trinajstić information content (AvgIpc) is 2.77. The summed E-state index contributed by atoms with van der Waals surface area (Å²) in [5.74, 6) is -0.927. The second kappa shape index (κ2) is 4.64. The van der Waals surface area contributed by atoms with Crippen LogP contribution < -0.4 is 4.90 Å². The number of carboxylic acids is 1. The molecule has 0 saturated carbocycles. The third-order valence-corrected chi connectivity index (χ3v) is 3.17. The highest BCUT2D eigenvalue weighted by Gasteiger charge is 2.34. The number of nitrogens with zero attached hydrogens (tertiary/aromatic N) is 2. The zero-order chi connectivity index (χ0) is 13.3. The van der Waals surface area contributed by atoms with Crippen molar-refractivity contribution in [2.24, 2.45) is 0 Å². The van der Waals surface area contributed by atoms with Gasteiger partial charge in [0.05, 0.1) is 4.92 Å². The Morgan fingerprint density at radius 1 is 1.56 bits per heavy atom. The van der Waals surface area contributed by atoms with Crippen molar-refractivity contribution in [1.82, 2.24) is 0 Å². The van der Waals surface area contributed by atoms with E-state index in [1.165, 1.54) is 6.07 Å². The molecule has 1 N–H and O–H groups in total. The molecule has 6 nitrogen and oxygen atoms in total. The predicted octanol–water partition coefficient (Wildman–Crippen LogP) is 1.96. The molecule has 0 unspecified atom stereocenters. The third kappa shape index (κ3) is 2.13. The van der Waals surface area contributed by atoms with E-state index in [1.807, 2.05) is 6.92 Å². The lowest BCUT2D eigenvalue weighted by atomic mass is 10.1. The Morgan fingerprint density at radius 2 is 2.28 bits per heavy atom. The number of hydrogen-bond donors (Lipinski definition) is 1. The first kappa shape index (κ1) is 12.3. The van der Waals surface area contributed by atoms with Gasteiger partial charge in [0.1, 0.15) is 11.7 Å². The van der Waals surface area contributed by atoms with E-state index in [4.69, 9.17) is 5.11 Å². The SMILES string of the molecule is Cc1ccc([N+](=O)[O-])c(N2CCC[C@@H]2C(=O)O)c1. The number of nitro benzene ring substituents is 1. The summed E-state index contributed by atoms with van der Waals surface area (Å²) in [5, 5.41) is 20.1. The summed E-state index contributed by atoms with van der Waals surface area (Å²) < 4.78 is 0. The van der Waals surface area contributed by atoms with Crippen LogP contribution in [0.2, 0.25) is 0 Å². The van der Waals surface area contributed by atoms with Gasteiger partial charge in [-0.2, -0.15) is 0 Å². The molecule has 1 heterocycles. The highest BCUT2D eigenvalue weighted by molar-refractivity contribution is 5.81. The number of carbonyl (C=O) groups is 1. The van der Waals surface area contributed by atoms with E-state index in [0.717, 1.165) is 12.0 Å². The predicted molar refractivity (Wildman–Crippen MR) is 65.8 cm³/mol. The molecule has 0 spiro atoms. The van der Waals surface area contributed by atoms with Gasteiger partial charge in [-0.05, 0) is 31.4 Å². The van der Waals surface area contributed by atoms with Gasteiger partial charge in [-0.3, -0.25) is 10.1 Å². The quantitative estimate of drug-likeness (QED) is 0.654. The molecule has 0 bridgehead atoms. The Labute approximate surface area is 104 Å². The summed E-state index contributed by atoms with van der Waals surface area (Å²) in [4.78, 5) is 23.3. The van der Waals surface area contributed by atoms with Crippen molar-refractivity contribution in [2.75, 3.05) is 11.4 Å². The van der Waals surface area contributed by atoms with Crippen LogP contribution >= 0.6 is 0 Å². The molecule has 0 aliphatic carbocycles. The molecule has 0 aromatic heterocycles. The molecule has 6 heteroatoms. The minimum Gasteiger partial charge on any atom is -0.480 e. The molecule has 1 aromatic carbocycles. The number of nitro groups is 1. The van der Waals surface area contributed by atoms with E-state index in [9.17, 15) is 14.9 Å². The molecule has 1 aromatic rings. The van der Waals surface area contributed by atoms with Gasteiger partial charge >= 0.3 is 5.97 Å². The number of rotatable bonds is 3. The Balaban J connectivity index is 2.46. The Kier molecular flexibility index (Phi) is 3.18. The van der Waals surface area contributed by atoms with E-state index in [-0.39, 0.29) is 5.69 Å². The lowest BCUT2D eigenvalue weighted by Crippen LogP contribution is -2.36. The van der Waals surface area contributed by atoms with Gasteiger partial charge in [-0.25, -0.2) is 4.79 Å². The molecular weight excluding hydrogens is 236 g/mol. The molecule has 2 rings (SSSR count). The molecule has 1 aliphatic heterocycles. The molecule has 1 atom stereocenters. The Bertz CT molecular complexity index is 501. The number of carboxylic acid groups (broad SMARTS) is 1. The topological polar surface area (TPSA) is 83.7 Å². The van der Waals surface area contributed by atoms with E-state index in [1.54, 1.807) is 17.0 Å². The number of anilines is 1. The highest BCUT2D eigenvalue weighted by Crippen LogP contribution is 2.34. The molecule has 0 radical (unpaired) electrons. The van der Waals surface area contributed by atoms with E-state index >= 15 is 0 Å². The van der Waals surface area contributed by atoms with Crippen LogP contribution in [0.5, 0.6) is 0 Å². The molecule has 1 fully saturated rings. The van der Waals surface area contributed by atoms with Crippen LogP contribution in [-0.2, 0) is 4.79 Å². The fourth-order valence-electron chi connectivity index (χ4n) is 2.33. The fraction of sp³-hybridized carbons (Fsp3) is 0.417. The maximum Gasteiger partial charge on any atom is 0.326 e.